The zero-order valence-corrected chi connectivity index (χ0v) is 13.3. The third-order valence-corrected chi connectivity index (χ3v) is 4.26. The van der Waals surface area contributed by atoms with Gasteiger partial charge in [0.15, 0.2) is 5.82 Å². The maximum absolute atomic E-state index is 13.7. The van der Waals surface area contributed by atoms with Crippen LogP contribution in [0.1, 0.15) is 6.42 Å². The number of phenols is 1. The molecular weight excluding hydrogens is 326 g/mol. The van der Waals surface area contributed by atoms with Crippen LogP contribution in [0.2, 0.25) is 0 Å². The van der Waals surface area contributed by atoms with Crippen LogP contribution >= 0.6 is 0 Å². The Bertz CT molecular complexity index is 942. The second-order valence-corrected chi connectivity index (χ2v) is 6.05. The van der Waals surface area contributed by atoms with E-state index in [9.17, 15) is 13.9 Å². The van der Waals surface area contributed by atoms with Gasteiger partial charge in [-0.2, -0.15) is 0 Å². The van der Waals surface area contributed by atoms with Gasteiger partial charge in [-0.25, -0.2) is 18.7 Å². The summed E-state index contributed by atoms with van der Waals surface area (Å²) in [6.45, 7) is 1.71. The maximum Gasteiger partial charge on any atom is 0.165 e. The fourth-order valence-corrected chi connectivity index (χ4v) is 2.99. The molecule has 7 heteroatoms. The Morgan fingerprint density at radius 2 is 1.88 bits per heavy atom. The van der Waals surface area contributed by atoms with E-state index in [1.807, 2.05) is 0 Å². The first-order chi connectivity index (χ1) is 12.1. The second-order valence-electron chi connectivity index (χ2n) is 6.05. The minimum Gasteiger partial charge on any atom is -0.507 e. The van der Waals surface area contributed by atoms with E-state index in [-0.39, 0.29) is 23.2 Å². The summed E-state index contributed by atoms with van der Waals surface area (Å²) in [7, 11) is 0. The number of aromatic nitrogens is 2. The largest absolute Gasteiger partial charge is 0.507 e. The second kappa shape index (κ2) is 6.25. The number of benzene rings is 2. The van der Waals surface area contributed by atoms with E-state index in [0.717, 1.165) is 31.6 Å². The molecule has 25 heavy (non-hydrogen) atoms. The molecule has 0 spiro atoms. The van der Waals surface area contributed by atoms with Crippen LogP contribution in [0.3, 0.4) is 0 Å². The van der Waals surface area contributed by atoms with Gasteiger partial charge < -0.3 is 15.7 Å². The molecule has 0 bridgehead atoms. The zero-order chi connectivity index (χ0) is 17.4. The highest BCUT2D eigenvalue weighted by Gasteiger charge is 2.18. The molecule has 3 aromatic rings. The summed E-state index contributed by atoms with van der Waals surface area (Å²) in [6, 6.07) is 8.03. The van der Waals surface area contributed by atoms with Gasteiger partial charge in [0, 0.05) is 24.0 Å². The summed E-state index contributed by atoms with van der Waals surface area (Å²) in [4.78, 5) is 8.78. The summed E-state index contributed by atoms with van der Waals surface area (Å²) < 4.78 is 27.2. The van der Waals surface area contributed by atoms with Gasteiger partial charge in [-0.05, 0) is 43.3 Å². The van der Waals surface area contributed by atoms with E-state index in [0.29, 0.717) is 16.7 Å². The fraction of sp³-hybridized carbons (Fsp3) is 0.222. The number of aromatic hydroxyl groups is 1. The number of rotatable bonds is 3. The first-order valence-electron chi connectivity index (χ1n) is 8.03. The molecule has 1 atom stereocenters. The lowest BCUT2D eigenvalue weighted by atomic mass is 10.1. The van der Waals surface area contributed by atoms with E-state index in [2.05, 4.69) is 20.6 Å². The maximum atomic E-state index is 13.7. The molecule has 0 unspecified atom stereocenters. The van der Waals surface area contributed by atoms with Gasteiger partial charge in [-0.15, -0.1) is 0 Å². The minimum atomic E-state index is -0.509. The van der Waals surface area contributed by atoms with Crippen LogP contribution in [0.5, 0.6) is 5.75 Å². The number of phenolic OH excluding ortho intramolecular Hbond substituents is 1. The Balaban J connectivity index is 1.88. The molecule has 1 fully saturated rings. The van der Waals surface area contributed by atoms with Gasteiger partial charge in [0.2, 0.25) is 0 Å². The average molecular weight is 342 g/mol. The zero-order valence-electron chi connectivity index (χ0n) is 13.3. The predicted octanol–water partition coefficient (Wildman–Crippen LogP) is 3.05. The summed E-state index contributed by atoms with van der Waals surface area (Å²) in [5, 5.41) is 17.3. The lowest BCUT2D eigenvalue weighted by Crippen LogP contribution is -2.23. The number of hydrogen-bond donors (Lipinski definition) is 3. The van der Waals surface area contributed by atoms with E-state index in [1.165, 1.54) is 18.2 Å². The van der Waals surface area contributed by atoms with Crippen LogP contribution in [0, 0.1) is 11.6 Å². The van der Waals surface area contributed by atoms with E-state index in [4.69, 9.17) is 0 Å². The normalized spacial score (nSPS) is 17.1. The van der Waals surface area contributed by atoms with Gasteiger partial charge in [0.05, 0.1) is 11.1 Å². The number of hydrogen-bond acceptors (Lipinski definition) is 5. The van der Waals surface area contributed by atoms with Gasteiger partial charge in [0.1, 0.15) is 23.2 Å². The van der Waals surface area contributed by atoms with Crippen LogP contribution in [-0.4, -0.2) is 34.2 Å². The highest BCUT2D eigenvalue weighted by Crippen LogP contribution is 2.31. The van der Waals surface area contributed by atoms with E-state index in [1.54, 1.807) is 6.07 Å². The van der Waals surface area contributed by atoms with Crippen molar-refractivity contribution in [3.05, 3.63) is 48.0 Å². The molecular formula is C18H16F2N4O. The number of fused-ring (bicyclic) bond motifs is 1. The third-order valence-electron chi connectivity index (χ3n) is 4.26. The molecule has 0 amide bonds. The Morgan fingerprint density at radius 1 is 1.08 bits per heavy atom. The van der Waals surface area contributed by atoms with Gasteiger partial charge in [-0.1, -0.05) is 0 Å². The molecule has 1 aromatic heterocycles. The lowest BCUT2D eigenvalue weighted by Gasteiger charge is -2.15. The van der Waals surface area contributed by atoms with Crippen molar-refractivity contribution in [3.8, 4) is 17.1 Å². The topological polar surface area (TPSA) is 70.1 Å². The number of nitrogens with zero attached hydrogens (tertiary/aromatic N) is 2. The van der Waals surface area contributed by atoms with Crippen LogP contribution in [0.4, 0.5) is 14.6 Å². The van der Waals surface area contributed by atoms with Gasteiger partial charge in [0.25, 0.3) is 0 Å². The minimum absolute atomic E-state index is 0.134. The molecule has 2 aromatic carbocycles. The van der Waals surface area contributed by atoms with Crippen molar-refractivity contribution in [2.45, 2.75) is 12.5 Å². The number of nitrogens with one attached hydrogen (secondary N) is 2. The number of halogens is 2. The van der Waals surface area contributed by atoms with Crippen molar-refractivity contribution in [1.82, 2.24) is 15.3 Å². The van der Waals surface area contributed by atoms with E-state index >= 15 is 0 Å². The van der Waals surface area contributed by atoms with Crippen LogP contribution in [-0.2, 0) is 0 Å². The first-order valence-corrected chi connectivity index (χ1v) is 8.03. The highest BCUT2D eigenvalue weighted by molar-refractivity contribution is 5.91. The molecule has 2 heterocycles. The SMILES string of the molecule is Oc1ccc(F)cc1-c1nc(N[C@H]2CCNC2)c2ccc(F)cc2n1. The highest BCUT2D eigenvalue weighted by atomic mass is 19.1. The van der Waals surface area contributed by atoms with Crippen molar-refractivity contribution in [1.29, 1.82) is 0 Å². The molecule has 128 valence electrons. The Labute approximate surface area is 142 Å². The van der Waals surface area contributed by atoms with Crippen molar-refractivity contribution in [2.24, 2.45) is 0 Å². The molecule has 1 saturated heterocycles. The summed E-state index contributed by atoms with van der Waals surface area (Å²) in [5.74, 6) is -0.383. The molecule has 0 radical (unpaired) electrons. The van der Waals surface area contributed by atoms with Crippen molar-refractivity contribution >= 4 is 16.7 Å². The van der Waals surface area contributed by atoms with Crippen LogP contribution in [0.25, 0.3) is 22.3 Å². The molecule has 0 aliphatic carbocycles. The summed E-state index contributed by atoms with van der Waals surface area (Å²) in [6.07, 6.45) is 0.938. The van der Waals surface area contributed by atoms with Gasteiger partial charge >= 0.3 is 0 Å². The Kier molecular flexibility index (Phi) is 3.93. The van der Waals surface area contributed by atoms with Crippen LogP contribution < -0.4 is 10.6 Å². The lowest BCUT2D eigenvalue weighted by molar-refractivity contribution is 0.475. The monoisotopic (exact) mass is 342 g/mol. The summed E-state index contributed by atoms with van der Waals surface area (Å²) in [5.41, 5.74) is 0.556. The fourth-order valence-electron chi connectivity index (χ4n) is 2.99. The molecule has 3 N–H and O–H groups in total. The average Bonchev–Trinajstić information content (AvgIpc) is 3.09. The molecule has 1 aliphatic rings. The van der Waals surface area contributed by atoms with Gasteiger partial charge in [-0.3, -0.25) is 0 Å². The molecule has 5 nitrogen and oxygen atoms in total. The smallest absolute Gasteiger partial charge is 0.165 e. The number of anilines is 1. The third kappa shape index (κ3) is 3.10. The van der Waals surface area contributed by atoms with Crippen molar-refractivity contribution in [2.75, 3.05) is 18.4 Å². The van der Waals surface area contributed by atoms with Crippen molar-refractivity contribution < 1.29 is 13.9 Å². The van der Waals surface area contributed by atoms with Crippen LogP contribution in [0.15, 0.2) is 36.4 Å². The summed E-state index contributed by atoms with van der Waals surface area (Å²) >= 11 is 0. The molecule has 4 rings (SSSR count). The standard InChI is InChI=1S/C18H16F2N4O/c19-10-2-4-16(25)14(7-10)18-23-15-8-11(20)1-3-13(15)17(24-18)22-12-5-6-21-9-12/h1-4,7-8,12,21,25H,5-6,9H2,(H,22,23,24)/t12-/m0/s1. The first kappa shape index (κ1) is 15.7. The molecule has 0 saturated carbocycles. The Morgan fingerprint density at radius 3 is 2.68 bits per heavy atom. The molecule has 1 aliphatic heterocycles. The van der Waals surface area contributed by atoms with E-state index < -0.39 is 11.6 Å². The quantitative estimate of drug-likeness (QED) is 0.682. The predicted molar refractivity (Wildman–Crippen MR) is 91.5 cm³/mol. The van der Waals surface area contributed by atoms with Crippen molar-refractivity contribution in [3.63, 3.8) is 0 Å². The Hall–Kier alpha value is -2.80.